The molecule has 1 rings (SSSR count). The van der Waals surface area contributed by atoms with Crippen LogP contribution in [0.25, 0.3) is 0 Å². The average molecular weight is 266 g/mol. The fraction of sp³-hybridized carbons (Fsp3) is 0.714. The second kappa shape index (κ2) is 6.19. The quantitative estimate of drug-likeness (QED) is 0.736. The number of aliphatic hydroxyl groups excluding tert-OH is 1. The van der Waals surface area contributed by atoms with E-state index in [1.807, 2.05) is 20.8 Å². The molecular formula is C14H26N4O. The molecule has 5 nitrogen and oxygen atoms in total. The lowest BCUT2D eigenvalue weighted by Gasteiger charge is -2.25. The van der Waals surface area contributed by atoms with E-state index in [2.05, 4.69) is 29.1 Å². The Labute approximate surface area is 115 Å². The highest BCUT2D eigenvalue weighted by atomic mass is 16.3. The van der Waals surface area contributed by atoms with Crippen molar-refractivity contribution in [3.8, 4) is 0 Å². The number of nitrogen functional groups attached to an aromatic ring is 1. The Morgan fingerprint density at radius 3 is 2.47 bits per heavy atom. The lowest BCUT2D eigenvalue weighted by molar-refractivity contribution is 0.220. The van der Waals surface area contributed by atoms with Crippen molar-refractivity contribution in [3.05, 3.63) is 11.4 Å². The summed E-state index contributed by atoms with van der Waals surface area (Å²) in [4.78, 5) is 8.83. The molecule has 108 valence electrons. The molecule has 0 saturated carbocycles. The largest absolute Gasteiger partial charge is 0.396 e. The molecule has 0 saturated heterocycles. The van der Waals surface area contributed by atoms with Gasteiger partial charge in [0.1, 0.15) is 17.5 Å². The fourth-order valence-electron chi connectivity index (χ4n) is 1.70. The Kier molecular flexibility index (Phi) is 5.11. The van der Waals surface area contributed by atoms with Crippen molar-refractivity contribution >= 4 is 11.6 Å². The number of nitrogens with two attached hydrogens (primary N) is 1. The van der Waals surface area contributed by atoms with Crippen LogP contribution >= 0.6 is 0 Å². The number of aliphatic hydroxyl groups is 1. The third kappa shape index (κ3) is 4.35. The van der Waals surface area contributed by atoms with Crippen LogP contribution in [0.15, 0.2) is 0 Å². The number of hydrogen-bond donors (Lipinski definition) is 3. The summed E-state index contributed by atoms with van der Waals surface area (Å²) >= 11 is 0. The molecule has 0 aliphatic carbocycles. The van der Waals surface area contributed by atoms with Crippen LogP contribution in [0.4, 0.5) is 11.6 Å². The second-order valence-electron chi connectivity index (χ2n) is 6.09. The number of rotatable bonds is 6. The predicted octanol–water partition coefficient (Wildman–Crippen LogP) is 2.31. The van der Waals surface area contributed by atoms with Gasteiger partial charge in [-0.15, -0.1) is 0 Å². The Bertz CT molecular complexity index is 430. The maximum absolute atomic E-state index is 9.04. The monoisotopic (exact) mass is 266 g/mol. The normalized spacial score (nSPS) is 11.9. The van der Waals surface area contributed by atoms with E-state index in [1.54, 1.807) is 0 Å². The summed E-state index contributed by atoms with van der Waals surface area (Å²) in [6.07, 6.45) is 0.747. The predicted molar refractivity (Wildman–Crippen MR) is 79.2 cm³/mol. The average Bonchev–Trinajstić information content (AvgIpc) is 2.30. The summed E-state index contributed by atoms with van der Waals surface area (Å²) in [5.41, 5.74) is 6.82. The van der Waals surface area contributed by atoms with Crippen LogP contribution in [0.3, 0.4) is 0 Å². The van der Waals surface area contributed by atoms with Gasteiger partial charge >= 0.3 is 0 Å². The van der Waals surface area contributed by atoms with Crippen LogP contribution in [-0.2, 0) is 0 Å². The zero-order chi connectivity index (χ0) is 14.6. The standard InChI is InChI=1S/C14H26N4O/c1-9(2)12-17-11(15)10(3)13(18-12)16-8-14(4,5)6-7-19/h9,19H,6-8H2,1-5H3,(H3,15,16,17,18). The van der Waals surface area contributed by atoms with Gasteiger partial charge in [-0.1, -0.05) is 27.7 Å². The van der Waals surface area contributed by atoms with Crippen LogP contribution < -0.4 is 11.1 Å². The van der Waals surface area contributed by atoms with Crippen molar-refractivity contribution in [2.75, 3.05) is 24.2 Å². The van der Waals surface area contributed by atoms with Crippen molar-refractivity contribution in [1.82, 2.24) is 9.97 Å². The van der Waals surface area contributed by atoms with Gasteiger partial charge in [0.15, 0.2) is 0 Å². The number of hydrogen-bond acceptors (Lipinski definition) is 5. The second-order valence-corrected chi connectivity index (χ2v) is 6.09. The zero-order valence-electron chi connectivity index (χ0n) is 12.6. The van der Waals surface area contributed by atoms with E-state index < -0.39 is 0 Å². The van der Waals surface area contributed by atoms with Crippen LogP contribution in [0.1, 0.15) is 51.4 Å². The maximum atomic E-state index is 9.04. The molecule has 0 atom stereocenters. The molecule has 0 unspecified atom stereocenters. The van der Waals surface area contributed by atoms with Crippen molar-refractivity contribution in [2.45, 2.75) is 47.0 Å². The minimum absolute atomic E-state index is 0.0128. The molecule has 0 radical (unpaired) electrons. The van der Waals surface area contributed by atoms with Crippen molar-refractivity contribution in [2.24, 2.45) is 5.41 Å². The summed E-state index contributed by atoms with van der Waals surface area (Å²) in [6, 6.07) is 0. The van der Waals surface area contributed by atoms with Gasteiger partial charge in [-0.05, 0) is 18.8 Å². The van der Waals surface area contributed by atoms with Crippen LogP contribution in [0, 0.1) is 12.3 Å². The number of nitrogens with one attached hydrogen (secondary N) is 1. The van der Waals surface area contributed by atoms with E-state index in [1.165, 1.54) is 0 Å². The van der Waals surface area contributed by atoms with Crippen molar-refractivity contribution in [1.29, 1.82) is 0 Å². The summed E-state index contributed by atoms with van der Waals surface area (Å²) < 4.78 is 0. The fourth-order valence-corrected chi connectivity index (χ4v) is 1.70. The first-order chi connectivity index (χ1) is 8.76. The van der Waals surface area contributed by atoms with Gasteiger partial charge in [0.05, 0.1) is 0 Å². The first-order valence-electron chi connectivity index (χ1n) is 6.75. The molecule has 5 heteroatoms. The SMILES string of the molecule is Cc1c(N)nc(C(C)C)nc1NCC(C)(C)CCO. The van der Waals surface area contributed by atoms with Gasteiger partial charge < -0.3 is 16.2 Å². The minimum Gasteiger partial charge on any atom is -0.396 e. The van der Waals surface area contributed by atoms with Gasteiger partial charge in [-0.2, -0.15) is 0 Å². The van der Waals surface area contributed by atoms with Crippen LogP contribution in [-0.4, -0.2) is 28.2 Å². The molecule has 0 spiro atoms. The number of nitrogens with zero attached hydrogens (tertiary/aromatic N) is 2. The third-order valence-electron chi connectivity index (χ3n) is 3.24. The molecule has 0 fully saturated rings. The number of aromatic nitrogens is 2. The molecule has 19 heavy (non-hydrogen) atoms. The molecule has 0 amide bonds. The molecular weight excluding hydrogens is 240 g/mol. The Hall–Kier alpha value is -1.36. The molecule has 0 bridgehead atoms. The summed E-state index contributed by atoms with van der Waals surface area (Å²) in [5.74, 6) is 2.32. The van der Waals surface area contributed by atoms with Gasteiger partial charge in [0.25, 0.3) is 0 Å². The highest BCUT2D eigenvalue weighted by molar-refractivity contribution is 5.55. The van der Waals surface area contributed by atoms with E-state index in [0.29, 0.717) is 5.82 Å². The van der Waals surface area contributed by atoms with E-state index in [9.17, 15) is 0 Å². The van der Waals surface area contributed by atoms with Gasteiger partial charge in [-0.25, -0.2) is 9.97 Å². The highest BCUT2D eigenvalue weighted by Gasteiger charge is 2.18. The third-order valence-corrected chi connectivity index (χ3v) is 3.24. The summed E-state index contributed by atoms with van der Waals surface area (Å²) in [7, 11) is 0. The zero-order valence-corrected chi connectivity index (χ0v) is 12.6. The smallest absolute Gasteiger partial charge is 0.135 e. The Balaban J connectivity index is 2.88. The summed E-state index contributed by atoms with van der Waals surface area (Å²) in [6.45, 7) is 11.2. The molecule has 0 aliphatic heterocycles. The van der Waals surface area contributed by atoms with E-state index in [0.717, 1.165) is 30.2 Å². The highest BCUT2D eigenvalue weighted by Crippen LogP contribution is 2.24. The molecule has 0 aliphatic rings. The van der Waals surface area contributed by atoms with Crippen LogP contribution in [0.2, 0.25) is 0 Å². The topological polar surface area (TPSA) is 84.1 Å². The molecule has 4 N–H and O–H groups in total. The van der Waals surface area contributed by atoms with Crippen molar-refractivity contribution in [3.63, 3.8) is 0 Å². The molecule has 1 heterocycles. The number of anilines is 2. The van der Waals surface area contributed by atoms with Gasteiger partial charge in [-0.3, -0.25) is 0 Å². The lowest BCUT2D eigenvalue weighted by Crippen LogP contribution is -2.25. The minimum atomic E-state index is 0.0128. The van der Waals surface area contributed by atoms with E-state index in [4.69, 9.17) is 10.8 Å². The van der Waals surface area contributed by atoms with Crippen LogP contribution in [0.5, 0.6) is 0 Å². The molecule has 1 aromatic rings. The van der Waals surface area contributed by atoms with Gasteiger partial charge in [0, 0.05) is 24.6 Å². The van der Waals surface area contributed by atoms with Gasteiger partial charge in [0.2, 0.25) is 0 Å². The first kappa shape index (κ1) is 15.7. The Morgan fingerprint density at radius 1 is 1.32 bits per heavy atom. The summed E-state index contributed by atoms with van der Waals surface area (Å²) in [5, 5.41) is 12.4. The van der Waals surface area contributed by atoms with E-state index >= 15 is 0 Å². The molecule has 0 aromatic carbocycles. The first-order valence-corrected chi connectivity index (χ1v) is 6.75. The van der Waals surface area contributed by atoms with Crippen molar-refractivity contribution < 1.29 is 5.11 Å². The molecule has 1 aromatic heterocycles. The lowest BCUT2D eigenvalue weighted by atomic mass is 9.90. The van der Waals surface area contributed by atoms with E-state index in [-0.39, 0.29) is 17.9 Å². The Morgan fingerprint density at radius 2 is 1.95 bits per heavy atom. The maximum Gasteiger partial charge on any atom is 0.135 e.